The molecule has 1 atom stereocenters. The summed E-state index contributed by atoms with van der Waals surface area (Å²) in [5.41, 5.74) is 0. The quantitative estimate of drug-likeness (QED) is 0.735. The number of ether oxygens (including phenoxy) is 3. The number of hydrogen-bond donors (Lipinski definition) is 1. The third-order valence-corrected chi connectivity index (χ3v) is 3.23. The third-order valence-electron chi connectivity index (χ3n) is 3.23. The van der Waals surface area contributed by atoms with E-state index in [1.54, 1.807) is 7.11 Å². The lowest BCUT2D eigenvalue weighted by atomic mass is 10.2. The van der Waals surface area contributed by atoms with Crippen LogP contribution >= 0.6 is 0 Å². The first-order chi connectivity index (χ1) is 9.72. The van der Waals surface area contributed by atoms with Gasteiger partial charge in [0.25, 0.3) is 0 Å². The van der Waals surface area contributed by atoms with Crippen LogP contribution in [0.2, 0.25) is 0 Å². The van der Waals surface area contributed by atoms with Gasteiger partial charge in [0, 0.05) is 12.5 Å². The van der Waals surface area contributed by atoms with Gasteiger partial charge in [-0.3, -0.25) is 4.79 Å². The standard InChI is InChI=1S/C15H21NO4/c1-18-12-5-7-13(8-6-12)20-10-9-14(15(17)19-2)16-11-3-4-11/h5-8,11,14,16H,3-4,9-10H2,1-2H3. The predicted octanol–water partition coefficient (Wildman–Crippen LogP) is 1.76. The maximum atomic E-state index is 11.6. The topological polar surface area (TPSA) is 56.8 Å². The number of methoxy groups -OCH3 is 2. The molecule has 5 heteroatoms. The van der Waals surface area contributed by atoms with Gasteiger partial charge >= 0.3 is 5.97 Å². The minimum atomic E-state index is -0.286. The monoisotopic (exact) mass is 279 g/mol. The Labute approximate surface area is 119 Å². The van der Waals surface area contributed by atoms with Gasteiger partial charge in [-0.25, -0.2) is 0 Å². The van der Waals surface area contributed by atoms with E-state index < -0.39 is 0 Å². The van der Waals surface area contributed by atoms with Crippen LogP contribution in [0.1, 0.15) is 19.3 Å². The number of esters is 1. The zero-order valence-corrected chi connectivity index (χ0v) is 11.9. The summed E-state index contributed by atoms with van der Waals surface area (Å²) < 4.78 is 15.5. The predicted molar refractivity (Wildman–Crippen MR) is 75.1 cm³/mol. The highest BCUT2D eigenvalue weighted by molar-refractivity contribution is 5.75. The fourth-order valence-corrected chi connectivity index (χ4v) is 1.91. The molecule has 1 fully saturated rings. The Balaban J connectivity index is 1.77. The first-order valence-corrected chi connectivity index (χ1v) is 6.83. The van der Waals surface area contributed by atoms with Crippen molar-refractivity contribution in [2.75, 3.05) is 20.8 Å². The second-order valence-corrected chi connectivity index (χ2v) is 4.83. The van der Waals surface area contributed by atoms with E-state index >= 15 is 0 Å². The summed E-state index contributed by atoms with van der Waals surface area (Å²) in [6.07, 6.45) is 2.86. The summed E-state index contributed by atoms with van der Waals surface area (Å²) in [7, 11) is 3.04. The van der Waals surface area contributed by atoms with Gasteiger partial charge in [0.15, 0.2) is 0 Å². The third kappa shape index (κ3) is 4.42. The molecule has 1 unspecified atom stereocenters. The van der Waals surface area contributed by atoms with Gasteiger partial charge in [-0.05, 0) is 37.1 Å². The molecule has 0 aromatic heterocycles. The zero-order valence-electron chi connectivity index (χ0n) is 11.9. The Bertz CT molecular complexity index is 428. The van der Waals surface area contributed by atoms with E-state index in [-0.39, 0.29) is 12.0 Å². The maximum absolute atomic E-state index is 11.6. The summed E-state index contributed by atoms with van der Waals surface area (Å²) in [5.74, 6) is 1.33. The molecule has 1 aromatic carbocycles. The lowest BCUT2D eigenvalue weighted by Crippen LogP contribution is -2.40. The van der Waals surface area contributed by atoms with Crippen molar-refractivity contribution >= 4 is 5.97 Å². The maximum Gasteiger partial charge on any atom is 0.322 e. The fraction of sp³-hybridized carbons (Fsp3) is 0.533. The van der Waals surface area contributed by atoms with Crippen LogP contribution in [-0.2, 0) is 9.53 Å². The lowest BCUT2D eigenvalue weighted by molar-refractivity contribution is -0.143. The van der Waals surface area contributed by atoms with Crippen molar-refractivity contribution in [3.8, 4) is 11.5 Å². The number of carbonyl (C=O) groups excluding carboxylic acids is 1. The van der Waals surface area contributed by atoms with Gasteiger partial charge < -0.3 is 19.5 Å². The molecule has 2 rings (SSSR count). The van der Waals surface area contributed by atoms with Crippen LogP contribution in [0.15, 0.2) is 24.3 Å². The Morgan fingerprint density at radius 3 is 2.45 bits per heavy atom. The Morgan fingerprint density at radius 2 is 1.90 bits per heavy atom. The molecule has 5 nitrogen and oxygen atoms in total. The van der Waals surface area contributed by atoms with Crippen LogP contribution in [0.3, 0.4) is 0 Å². The first kappa shape index (κ1) is 14.7. The number of carbonyl (C=O) groups is 1. The lowest BCUT2D eigenvalue weighted by Gasteiger charge is -2.16. The number of benzene rings is 1. The highest BCUT2D eigenvalue weighted by atomic mass is 16.5. The van der Waals surface area contributed by atoms with Gasteiger partial charge in [-0.1, -0.05) is 0 Å². The summed E-state index contributed by atoms with van der Waals surface area (Å²) in [6, 6.07) is 7.55. The van der Waals surface area contributed by atoms with Crippen molar-refractivity contribution in [1.82, 2.24) is 5.32 Å². The summed E-state index contributed by atoms with van der Waals surface area (Å²) >= 11 is 0. The summed E-state index contributed by atoms with van der Waals surface area (Å²) in [5, 5.41) is 3.27. The van der Waals surface area contributed by atoms with E-state index in [2.05, 4.69) is 5.32 Å². The minimum Gasteiger partial charge on any atom is -0.497 e. The normalized spacial score (nSPS) is 15.5. The molecule has 0 saturated heterocycles. The molecule has 1 aromatic rings. The molecule has 0 amide bonds. The fourth-order valence-electron chi connectivity index (χ4n) is 1.91. The van der Waals surface area contributed by atoms with Crippen molar-refractivity contribution in [2.45, 2.75) is 31.3 Å². The largest absolute Gasteiger partial charge is 0.497 e. The summed E-state index contributed by atoms with van der Waals surface area (Å²) in [6.45, 7) is 0.464. The van der Waals surface area contributed by atoms with E-state index in [1.807, 2.05) is 24.3 Å². The summed E-state index contributed by atoms with van der Waals surface area (Å²) in [4.78, 5) is 11.6. The average molecular weight is 279 g/mol. The minimum absolute atomic E-state index is 0.227. The molecule has 0 bridgehead atoms. The van der Waals surface area contributed by atoms with Crippen molar-refractivity contribution in [3.05, 3.63) is 24.3 Å². The van der Waals surface area contributed by atoms with Gasteiger partial charge in [-0.15, -0.1) is 0 Å². The number of hydrogen-bond acceptors (Lipinski definition) is 5. The first-order valence-electron chi connectivity index (χ1n) is 6.83. The molecule has 0 radical (unpaired) electrons. The van der Waals surface area contributed by atoms with Crippen LogP contribution in [-0.4, -0.2) is 38.9 Å². The van der Waals surface area contributed by atoms with Crippen molar-refractivity contribution in [1.29, 1.82) is 0 Å². The van der Waals surface area contributed by atoms with E-state index in [0.29, 0.717) is 19.1 Å². The molecule has 0 spiro atoms. The molecular formula is C15H21NO4. The van der Waals surface area contributed by atoms with E-state index in [9.17, 15) is 4.79 Å². The van der Waals surface area contributed by atoms with Crippen molar-refractivity contribution < 1.29 is 19.0 Å². The smallest absolute Gasteiger partial charge is 0.322 e. The molecule has 0 heterocycles. The molecule has 1 saturated carbocycles. The number of rotatable bonds is 8. The second-order valence-electron chi connectivity index (χ2n) is 4.83. The van der Waals surface area contributed by atoms with Crippen LogP contribution in [0.5, 0.6) is 11.5 Å². The molecule has 0 aliphatic heterocycles. The Hall–Kier alpha value is -1.75. The molecule has 110 valence electrons. The molecule has 1 aliphatic carbocycles. The van der Waals surface area contributed by atoms with E-state index in [1.165, 1.54) is 7.11 Å². The SMILES string of the molecule is COC(=O)C(CCOc1ccc(OC)cc1)NC1CC1. The van der Waals surface area contributed by atoms with Gasteiger partial charge in [0.1, 0.15) is 17.5 Å². The van der Waals surface area contributed by atoms with Crippen molar-refractivity contribution in [3.63, 3.8) is 0 Å². The van der Waals surface area contributed by atoms with Gasteiger partial charge in [0.2, 0.25) is 0 Å². The highest BCUT2D eigenvalue weighted by Gasteiger charge is 2.28. The van der Waals surface area contributed by atoms with Gasteiger partial charge in [0.05, 0.1) is 20.8 Å². The van der Waals surface area contributed by atoms with Crippen LogP contribution in [0.25, 0.3) is 0 Å². The van der Waals surface area contributed by atoms with E-state index in [0.717, 1.165) is 24.3 Å². The molecular weight excluding hydrogens is 258 g/mol. The van der Waals surface area contributed by atoms with Crippen LogP contribution in [0, 0.1) is 0 Å². The Morgan fingerprint density at radius 1 is 1.25 bits per heavy atom. The van der Waals surface area contributed by atoms with Crippen LogP contribution < -0.4 is 14.8 Å². The second kappa shape index (κ2) is 7.14. The van der Waals surface area contributed by atoms with E-state index in [4.69, 9.17) is 14.2 Å². The zero-order chi connectivity index (χ0) is 14.4. The van der Waals surface area contributed by atoms with Crippen LogP contribution in [0.4, 0.5) is 0 Å². The molecule has 1 aliphatic rings. The van der Waals surface area contributed by atoms with Crippen molar-refractivity contribution in [2.24, 2.45) is 0 Å². The highest BCUT2D eigenvalue weighted by Crippen LogP contribution is 2.21. The van der Waals surface area contributed by atoms with Gasteiger partial charge in [-0.2, -0.15) is 0 Å². The average Bonchev–Trinajstić information content (AvgIpc) is 3.30. The molecule has 20 heavy (non-hydrogen) atoms. The molecule has 1 N–H and O–H groups in total. The number of nitrogens with one attached hydrogen (secondary N) is 1. The Kier molecular flexibility index (Phi) is 5.24.